The van der Waals surface area contributed by atoms with Crippen molar-refractivity contribution in [2.45, 2.75) is 44.7 Å². The van der Waals surface area contributed by atoms with Gasteiger partial charge in [0, 0.05) is 37.1 Å². The van der Waals surface area contributed by atoms with Gasteiger partial charge in [0.15, 0.2) is 0 Å². The van der Waals surface area contributed by atoms with Crippen LogP contribution in [0.25, 0.3) is 21.6 Å². The van der Waals surface area contributed by atoms with Crippen molar-refractivity contribution in [3.63, 3.8) is 0 Å². The minimum Gasteiger partial charge on any atom is -0.334 e. The molecule has 2 fully saturated rings. The molecule has 0 spiro atoms. The van der Waals surface area contributed by atoms with Gasteiger partial charge in [-0.25, -0.2) is 14.6 Å². The molecule has 31 heavy (non-hydrogen) atoms. The molecule has 0 unspecified atom stereocenters. The number of piperidine rings is 1. The molecule has 1 saturated carbocycles. The van der Waals surface area contributed by atoms with E-state index in [-0.39, 0.29) is 17.8 Å². The number of thiazole rings is 1. The van der Waals surface area contributed by atoms with Gasteiger partial charge in [-0.05, 0) is 56.3 Å². The van der Waals surface area contributed by atoms with Crippen LogP contribution in [-0.2, 0) is 13.6 Å². The van der Waals surface area contributed by atoms with Crippen molar-refractivity contribution in [2.75, 3.05) is 18.4 Å². The molecule has 1 aliphatic heterocycles. The minimum atomic E-state index is -0.225. The minimum absolute atomic E-state index is 0.0365. The average Bonchev–Trinajstić information content (AvgIpc) is 3.29. The highest BCUT2D eigenvalue weighted by Gasteiger charge is 2.21. The summed E-state index contributed by atoms with van der Waals surface area (Å²) in [6, 6.07) is 5.97. The fourth-order valence-corrected chi connectivity index (χ4v) is 5.18. The Morgan fingerprint density at radius 3 is 2.87 bits per heavy atom. The lowest BCUT2D eigenvalue weighted by Crippen LogP contribution is -2.47. The molecule has 164 valence electrons. The number of rotatable bonds is 5. The molecule has 2 aromatic heterocycles. The zero-order chi connectivity index (χ0) is 21.4. The first-order valence-corrected chi connectivity index (χ1v) is 11.9. The van der Waals surface area contributed by atoms with E-state index in [4.69, 9.17) is 0 Å². The molecule has 3 aromatic rings. The summed E-state index contributed by atoms with van der Waals surface area (Å²) < 4.78 is 3.62. The molecular weight excluding hydrogens is 412 g/mol. The Hall–Kier alpha value is -2.65. The first kappa shape index (κ1) is 20.3. The summed E-state index contributed by atoms with van der Waals surface area (Å²) in [5.41, 5.74) is 2.86. The fraction of sp³-hybridized carbons (Fsp3) is 0.500. The number of urea groups is 1. The zero-order valence-electron chi connectivity index (χ0n) is 17.7. The van der Waals surface area contributed by atoms with E-state index in [1.165, 1.54) is 30.6 Å². The zero-order valence-corrected chi connectivity index (χ0v) is 18.5. The van der Waals surface area contributed by atoms with Gasteiger partial charge >= 0.3 is 11.7 Å². The average molecular weight is 441 g/mol. The molecule has 0 bridgehead atoms. The summed E-state index contributed by atoms with van der Waals surface area (Å²) in [6.07, 6.45) is 5.74. The monoisotopic (exact) mass is 440 g/mol. The summed E-state index contributed by atoms with van der Waals surface area (Å²) in [7, 11) is 1.82. The summed E-state index contributed by atoms with van der Waals surface area (Å²) in [5.74, 6) is 1.16. The summed E-state index contributed by atoms with van der Waals surface area (Å²) in [6.45, 7) is 2.61. The number of nitrogens with one attached hydrogen (secondary N) is 3. The number of imidazole rings is 1. The third kappa shape index (κ3) is 4.12. The van der Waals surface area contributed by atoms with Crippen molar-refractivity contribution in [2.24, 2.45) is 13.0 Å². The molecule has 2 aliphatic rings. The third-order valence-corrected chi connectivity index (χ3v) is 7.33. The number of aromatic nitrogens is 3. The van der Waals surface area contributed by atoms with Gasteiger partial charge < -0.3 is 10.6 Å². The number of carbonyl (C=O) groups is 1. The van der Waals surface area contributed by atoms with E-state index in [1.54, 1.807) is 4.57 Å². The van der Waals surface area contributed by atoms with E-state index in [0.717, 1.165) is 54.1 Å². The van der Waals surface area contributed by atoms with Crippen LogP contribution < -0.4 is 21.6 Å². The highest BCUT2D eigenvalue weighted by Crippen LogP contribution is 2.31. The number of hydrogen-bond donors (Lipinski definition) is 3. The highest BCUT2D eigenvalue weighted by molar-refractivity contribution is 7.13. The molecule has 3 N–H and O–H groups in total. The standard InChI is InChI=1S/C22H28N6O2S/c1-27-18-10-15(7-8-17(18)28(22(27)30)12-14-4-2-5-14)20-25-19(13-31-20)26-21(29)24-16-6-3-9-23-11-16/h7-8,10,13-14,16,23H,2-6,9,11-12H2,1H3,(H2,24,26,29)/t16-/m0/s1. The molecular formula is C22H28N6O2S. The predicted molar refractivity (Wildman–Crippen MR) is 124 cm³/mol. The third-order valence-electron chi connectivity index (χ3n) is 6.44. The topological polar surface area (TPSA) is 93.0 Å². The Morgan fingerprint density at radius 1 is 1.26 bits per heavy atom. The molecule has 2 amide bonds. The number of benzene rings is 1. The maximum atomic E-state index is 12.8. The van der Waals surface area contributed by atoms with E-state index in [2.05, 4.69) is 20.9 Å². The quantitative estimate of drug-likeness (QED) is 0.568. The van der Waals surface area contributed by atoms with Gasteiger partial charge in [0.1, 0.15) is 10.8 Å². The Bertz CT molecular complexity index is 1150. The first-order chi connectivity index (χ1) is 15.1. The number of aryl methyl sites for hydroxylation is 1. The van der Waals surface area contributed by atoms with Crippen LogP contribution in [-0.4, -0.2) is 39.3 Å². The van der Waals surface area contributed by atoms with Crippen molar-refractivity contribution >= 4 is 34.2 Å². The molecule has 5 rings (SSSR count). The van der Waals surface area contributed by atoms with Crippen LogP contribution >= 0.6 is 11.3 Å². The first-order valence-electron chi connectivity index (χ1n) is 11.0. The van der Waals surface area contributed by atoms with Crippen LogP contribution in [0.1, 0.15) is 32.1 Å². The second kappa shape index (κ2) is 8.47. The lowest BCUT2D eigenvalue weighted by atomic mass is 9.85. The fourth-order valence-electron chi connectivity index (χ4n) is 4.43. The summed E-state index contributed by atoms with van der Waals surface area (Å²) in [4.78, 5) is 29.6. The van der Waals surface area contributed by atoms with Crippen LogP contribution in [0, 0.1) is 5.92 Å². The van der Waals surface area contributed by atoms with E-state index < -0.39 is 0 Å². The van der Waals surface area contributed by atoms with Crippen molar-refractivity contribution < 1.29 is 4.79 Å². The normalized spacial score (nSPS) is 19.3. The van der Waals surface area contributed by atoms with Crippen LogP contribution in [0.3, 0.4) is 0 Å². The second-order valence-electron chi connectivity index (χ2n) is 8.63. The van der Waals surface area contributed by atoms with Gasteiger partial charge in [0.2, 0.25) is 0 Å². The number of nitrogens with zero attached hydrogens (tertiary/aromatic N) is 3. The van der Waals surface area contributed by atoms with Crippen LogP contribution in [0.15, 0.2) is 28.4 Å². The maximum Gasteiger partial charge on any atom is 0.328 e. The Kier molecular flexibility index (Phi) is 5.54. The number of hydrogen-bond acceptors (Lipinski definition) is 5. The Morgan fingerprint density at radius 2 is 2.13 bits per heavy atom. The van der Waals surface area contributed by atoms with Gasteiger partial charge in [-0.15, -0.1) is 11.3 Å². The maximum absolute atomic E-state index is 12.8. The molecule has 1 saturated heterocycles. The van der Waals surface area contributed by atoms with E-state index in [9.17, 15) is 9.59 Å². The molecule has 8 nitrogen and oxygen atoms in total. The van der Waals surface area contributed by atoms with Gasteiger partial charge in [-0.3, -0.25) is 14.5 Å². The SMILES string of the molecule is Cn1c(=O)n(CC2CCC2)c2ccc(-c3nc(NC(=O)N[C@H]4CCCNC4)cs3)cc21. The van der Waals surface area contributed by atoms with Crippen LogP contribution in [0.4, 0.5) is 10.6 Å². The highest BCUT2D eigenvalue weighted by atomic mass is 32.1. The smallest absolute Gasteiger partial charge is 0.328 e. The van der Waals surface area contributed by atoms with E-state index in [0.29, 0.717) is 11.7 Å². The van der Waals surface area contributed by atoms with Gasteiger partial charge in [0.05, 0.1) is 11.0 Å². The van der Waals surface area contributed by atoms with Crippen molar-refractivity contribution in [1.29, 1.82) is 0 Å². The lowest BCUT2D eigenvalue weighted by Gasteiger charge is -2.25. The lowest BCUT2D eigenvalue weighted by molar-refractivity contribution is 0.245. The number of fused-ring (bicyclic) bond motifs is 1. The number of carbonyl (C=O) groups excluding carboxylic acids is 1. The Labute approximate surface area is 184 Å². The van der Waals surface area contributed by atoms with Gasteiger partial charge in [-0.2, -0.15) is 0 Å². The van der Waals surface area contributed by atoms with Crippen molar-refractivity contribution in [3.8, 4) is 10.6 Å². The van der Waals surface area contributed by atoms with Crippen molar-refractivity contribution in [3.05, 3.63) is 34.1 Å². The van der Waals surface area contributed by atoms with Crippen LogP contribution in [0.2, 0.25) is 0 Å². The molecule has 0 radical (unpaired) electrons. The van der Waals surface area contributed by atoms with Crippen LogP contribution in [0.5, 0.6) is 0 Å². The summed E-state index contributed by atoms with van der Waals surface area (Å²) in [5, 5.41) is 11.8. The Balaban J connectivity index is 1.32. The number of amides is 2. The molecule has 9 heteroatoms. The molecule has 1 aliphatic carbocycles. The molecule has 1 atom stereocenters. The van der Waals surface area contributed by atoms with E-state index >= 15 is 0 Å². The number of anilines is 1. The van der Waals surface area contributed by atoms with E-state index in [1.807, 2.05) is 35.2 Å². The molecule has 1 aromatic carbocycles. The van der Waals surface area contributed by atoms with Gasteiger partial charge in [-0.1, -0.05) is 6.42 Å². The summed E-state index contributed by atoms with van der Waals surface area (Å²) >= 11 is 1.48. The second-order valence-corrected chi connectivity index (χ2v) is 9.49. The van der Waals surface area contributed by atoms with Crippen molar-refractivity contribution in [1.82, 2.24) is 24.8 Å². The van der Waals surface area contributed by atoms with Gasteiger partial charge in [0.25, 0.3) is 0 Å². The largest absolute Gasteiger partial charge is 0.334 e. The molecule has 3 heterocycles. The predicted octanol–water partition coefficient (Wildman–Crippen LogP) is 3.14.